The summed E-state index contributed by atoms with van der Waals surface area (Å²) < 4.78 is 23.2. The summed E-state index contributed by atoms with van der Waals surface area (Å²) in [5, 5.41) is 0. The van der Waals surface area contributed by atoms with E-state index in [1.807, 2.05) is 4.90 Å². The maximum Gasteiger partial charge on any atom is 0.222 e. The summed E-state index contributed by atoms with van der Waals surface area (Å²) in [5.74, 6) is 0.498. The molecule has 0 aromatic heterocycles. The quantitative estimate of drug-likeness (QED) is 0.609. The molecule has 0 aromatic rings. The van der Waals surface area contributed by atoms with Gasteiger partial charge in [-0.05, 0) is 32.2 Å². The Hall–Kier alpha value is -0.330. The molecule has 132 valence electrons. The van der Waals surface area contributed by atoms with Gasteiger partial charge in [-0.25, -0.2) is 8.42 Å². The molecule has 2 N–H and O–H groups in total. The Labute approximate surface area is 141 Å². The monoisotopic (exact) mass is 354 g/mol. The molecule has 1 unspecified atom stereocenters. The molecule has 1 saturated heterocycles. The molecule has 7 heteroatoms. The molecule has 0 radical (unpaired) electrons. The Balaban J connectivity index is 0.00000441. The van der Waals surface area contributed by atoms with Gasteiger partial charge < -0.3 is 10.6 Å². The number of hydrogen-bond acceptors (Lipinski definition) is 4. The highest BCUT2D eigenvalue weighted by molar-refractivity contribution is 7.91. The molecule has 1 heterocycles. The Morgan fingerprint density at radius 3 is 2.41 bits per heavy atom. The summed E-state index contributed by atoms with van der Waals surface area (Å²) in [6, 6.07) is -0.0990. The number of rotatable bonds is 10. The molecular weight excluding hydrogens is 324 g/mol. The van der Waals surface area contributed by atoms with E-state index in [1.165, 1.54) is 0 Å². The fraction of sp³-hybridized carbons (Fsp3) is 0.933. The molecule has 0 aliphatic carbocycles. The second-order valence-electron chi connectivity index (χ2n) is 5.95. The number of hydrogen-bond donors (Lipinski definition) is 1. The Kier molecular flexibility index (Phi) is 11.1. The highest BCUT2D eigenvalue weighted by Crippen LogP contribution is 2.20. The summed E-state index contributed by atoms with van der Waals surface area (Å²) in [5.41, 5.74) is 5.45. The smallest absolute Gasteiger partial charge is 0.222 e. The molecule has 5 nitrogen and oxygen atoms in total. The average molecular weight is 355 g/mol. The van der Waals surface area contributed by atoms with Crippen LogP contribution in [0.1, 0.15) is 58.3 Å². The van der Waals surface area contributed by atoms with Crippen LogP contribution in [0.5, 0.6) is 0 Å². The zero-order chi connectivity index (χ0) is 15.7. The third-order valence-electron chi connectivity index (χ3n) is 4.07. The minimum Gasteiger partial charge on any atom is -0.339 e. The van der Waals surface area contributed by atoms with Gasteiger partial charge >= 0.3 is 0 Å². The lowest BCUT2D eigenvalue weighted by Gasteiger charge is -2.28. The summed E-state index contributed by atoms with van der Waals surface area (Å²) in [6.07, 6.45) is 7.06. The van der Waals surface area contributed by atoms with Crippen LogP contribution in [0.3, 0.4) is 0 Å². The van der Waals surface area contributed by atoms with E-state index in [0.29, 0.717) is 25.9 Å². The van der Waals surface area contributed by atoms with Gasteiger partial charge in [-0.1, -0.05) is 26.2 Å². The first kappa shape index (κ1) is 21.7. The van der Waals surface area contributed by atoms with Crippen LogP contribution < -0.4 is 5.73 Å². The van der Waals surface area contributed by atoms with Gasteiger partial charge in [0.15, 0.2) is 9.84 Å². The van der Waals surface area contributed by atoms with Gasteiger partial charge in [0.05, 0.1) is 11.5 Å². The molecule has 1 aliphatic heterocycles. The maximum absolute atomic E-state index is 12.4. The molecule has 1 rings (SSSR count). The molecule has 1 amide bonds. The van der Waals surface area contributed by atoms with Gasteiger partial charge in [-0.3, -0.25) is 4.79 Å². The van der Waals surface area contributed by atoms with Crippen LogP contribution in [0.2, 0.25) is 0 Å². The third kappa shape index (κ3) is 7.79. The summed E-state index contributed by atoms with van der Waals surface area (Å²) in [4.78, 5) is 14.2. The summed E-state index contributed by atoms with van der Waals surface area (Å²) in [7, 11) is -2.94. The largest absolute Gasteiger partial charge is 0.339 e. The van der Waals surface area contributed by atoms with Crippen molar-refractivity contribution in [3.8, 4) is 0 Å². The van der Waals surface area contributed by atoms with Crippen LogP contribution >= 0.6 is 12.4 Å². The van der Waals surface area contributed by atoms with E-state index in [1.54, 1.807) is 0 Å². The Bertz CT molecular complexity index is 415. The van der Waals surface area contributed by atoms with Crippen LogP contribution in [0, 0.1) is 0 Å². The Morgan fingerprint density at radius 1 is 1.18 bits per heavy atom. The Morgan fingerprint density at radius 2 is 1.86 bits per heavy atom. The highest BCUT2D eigenvalue weighted by Gasteiger charge is 2.33. The molecular formula is C15H31ClN2O3S. The van der Waals surface area contributed by atoms with E-state index in [9.17, 15) is 13.2 Å². The molecule has 0 spiro atoms. The summed E-state index contributed by atoms with van der Waals surface area (Å²) >= 11 is 0. The number of sulfone groups is 1. The van der Waals surface area contributed by atoms with Crippen molar-refractivity contribution in [2.75, 3.05) is 24.6 Å². The fourth-order valence-electron chi connectivity index (χ4n) is 2.78. The number of halogens is 1. The van der Waals surface area contributed by atoms with Crippen LogP contribution in [0.25, 0.3) is 0 Å². The number of nitrogens with zero attached hydrogens (tertiary/aromatic N) is 1. The van der Waals surface area contributed by atoms with Gasteiger partial charge in [0.1, 0.15) is 0 Å². The van der Waals surface area contributed by atoms with Crippen molar-refractivity contribution in [3.63, 3.8) is 0 Å². The van der Waals surface area contributed by atoms with Gasteiger partial charge in [0.2, 0.25) is 5.91 Å². The number of amides is 1. The van der Waals surface area contributed by atoms with Crippen LogP contribution in [0.4, 0.5) is 0 Å². The zero-order valence-corrected chi connectivity index (χ0v) is 15.3. The van der Waals surface area contributed by atoms with E-state index >= 15 is 0 Å². The van der Waals surface area contributed by atoms with Crippen LogP contribution in [-0.2, 0) is 14.6 Å². The van der Waals surface area contributed by atoms with Crippen molar-refractivity contribution in [1.82, 2.24) is 4.90 Å². The SMILES string of the molecule is CCCCN(C(=O)CCCCCCN)C1CCS(=O)(=O)C1.Cl. The van der Waals surface area contributed by atoms with Gasteiger partial charge in [0.25, 0.3) is 0 Å². The van der Waals surface area contributed by atoms with Crippen molar-refractivity contribution in [3.05, 3.63) is 0 Å². The van der Waals surface area contributed by atoms with E-state index in [4.69, 9.17) is 5.73 Å². The maximum atomic E-state index is 12.4. The molecule has 0 bridgehead atoms. The first-order valence-corrected chi connectivity index (χ1v) is 10.0. The summed E-state index contributed by atoms with van der Waals surface area (Å²) in [6.45, 7) is 3.48. The van der Waals surface area contributed by atoms with Crippen molar-refractivity contribution in [2.24, 2.45) is 5.73 Å². The molecule has 0 aromatic carbocycles. The second kappa shape index (κ2) is 11.2. The lowest BCUT2D eigenvalue weighted by molar-refractivity contribution is -0.133. The number of carbonyl (C=O) groups excluding carboxylic acids is 1. The normalized spacial score (nSPS) is 19.6. The molecule has 22 heavy (non-hydrogen) atoms. The lowest BCUT2D eigenvalue weighted by Crippen LogP contribution is -2.41. The number of nitrogens with two attached hydrogens (primary N) is 1. The van der Waals surface area contributed by atoms with E-state index < -0.39 is 9.84 Å². The minimum absolute atomic E-state index is 0. The van der Waals surface area contributed by atoms with Crippen molar-refractivity contribution in [2.45, 2.75) is 64.3 Å². The van der Waals surface area contributed by atoms with Crippen LogP contribution in [-0.4, -0.2) is 49.9 Å². The van der Waals surface area contributed by atoms with Gasteiger partial charge in [0, 0.05) is 19.0 Å². The van der Waals surface area contributed by atoms with Crippen molar-refractivity contribution < 1.29 is 13.2 Å². The topological polar surface area (TPSA) is 80.5 Å². The second-order valence-corrected chi connectivity index (χ2v) is 8.18. The predicted molar refractivity (Wildman–Crippen MR) is 93.1 cm³/mol. The van der Waals surface area contributed by atoms with E-state index in [-0.39, 0.29) is 35.9 Å². The predicted octanol–water partition coefficient (Wildman–Crippen LogP) is 2.13. The first-order chi connectivity index (χ1) is 10.00. The number of unbranched alkanes of at least 4 members (excludes halogenated alkanes) is 4. The molecule has 1 aliphatic rings. The average Bonchev–Trinajstić information content (AvgIpc) is 2.79. The van der Waals surface area contributed by atoms with Gasteiger partial charge in [-0.2, -0.15) is 0 Å². The standard InChI is InChI=1S/C15H30N2O3S.ClH/c1-2-3-11-17(14-9-12-21(19,20)13-14)15(18)8-6-4-5-7-10-16;/h14H,2-13,16H2,1H3;1H. The molecule has 1 atom stereocenters. The van der Waals surface area contributed by atoms with E-state index in [2.05, 4.69) is 6.92 Å². The van der Waals surface area contributed by atoms with E-state index in [0.717, 1.165) is 38.5 Å². The molecule has 1 fully saturated rings. The lowest BCUT2D eigenvalue weighted by atomic mass is 10.1. The van der Waals surface area contributed by atoms with Crippen molar-refractivity contribution in [1.29, 1.82) is 0 Å². The highest BCUT2D eigenvalue weighted by atomic mass is 35.5. The minimum atomic E-state index is -2.94. The van der Waals surface area contributed by atoms with Crippen molar-refractivity contribution >= 4 is 28.2 Å². The zero-order valence-electron chi connectivity index (χ0n) is 13.6. The first-order valence-electron chi connectivity index (χ1n) is 8.20. The fourth-order valence-corrected chi connectivity index (χ4v) is 4.51. The van der Waals surface area contributed by atoms with Gasteiger partial charge in [-0.15, -0.1) is 12.4 Å². The number of carbonyl (C=O) groups is 1. The molecule has 0 saturated carbocycles. The van der Waals surface area contributed by atoms with Crippen LogP contribution in [0.15, 0.2) is 0 Å². The third-order valence-corrected chi connectivity index (χ3v) is 5.82.